The highest BCUT2D eigenvalue weighted by Crippen LogP contribution is 2.32. The van der Waals surface area contributed by atoms with Gasteiger partial charge in [-0.05, 0) is 105 Å². The molecule has 4 rings (SSSR count). The fourth-order valence-corrected chi connectivity index (χ4v) is 5.40. The standard InChI is InChI=1S/C28H36N4O3/c1-35-25-8-9-27-26(16-25)23(10-12-31-27)7-4-6-22-11-14-32(19-24(22)15-28(33)34)13-3-2-5-21-17-29-20-30-18-21/h8-10,12,16-18,20,22,24H,2-7,11,13-15,19H2,1H3,(H,33,34)/t22-,24+/m1/s1. The van der Waals surface area contributed by atoms with Crippen molar-refractivity contribution in [3.8, 4) is 5.75 Å². The van der Waals surface area contributed by atoms with E-state index in [1.165, 1.54) is 11.1 Å². The van der Waals surface area contributed by atoms with Gasteiger partial charge in [0.1, 0.15) is 12.1 Å². The molecule has 1 aliphatic heterocycles. The molecule has 35 heavy (non-hydrogen) atoms. The number of carbonyl (C=O) groups is 1. The van der Waals surface area contributed by atoms with Crippen molar-refractivity contribution in [2.24, 2.45) is 11.8 Å². The van der Waals surface area contributed by atoms with Crippen molar-refractivity contribution in [3.05, 3.63) is 60.3 Å². The predicted molar refractivity (Wildman–Crippen MR) is 136 cm³/mol. The molecule has 7 nitrogen and oxygen atoms in total. The van der Waals surface area contributed by atoms with Gasteiger partial charge < -0.3 is 14.7 Å². The van der Waals surface area contributed by atoms with Crippen molar-refractivity contribution >= 4 is 16.9 Å². The molecule has 0 aliphatic carbocycles. The average Bonchev–Trinajstić information content (AvgIpc) is 2.88. The van der Waals surface area contributed by atoms with Crippen molar-refractivity contribution < 1.29 is 14.6 Å². The largest absolute Gasteiger partial charge is 0.497 e. The van der Waals surface area contributed by atoms with E-state index in [0.717, 1.165) is 81.2 Å². The highest BCUT2D eigenvalue weighted by molar-refractivity contribution is 5.83. The predicted octanol–water partition coefficient (Wildman–Crippen LogP) is 4.79. The first-order chi connectivity index (χ1) is 17.1. The molecule has 1 aliphatic rings. The SMILES string of the molecule is COc1ccc2nccc(CCC[C@@H]3CCN(CCCCc4cncnc4)C[C@@H]3CC(=O)O)c2c1. The van der Waals surface area contributed by atoms with E-state index in [9.17, 15) is 9.90 Å². The Bertz CT molecular complexity index is 1090. The van der Waals surface area contributed by atoms with Gasteiger partial charge in [0.25, 0.3) is 0 Å². The lowest BCUT2D eigenvalue weighted by atomic mass is 9.79. The number of rotatable bonds is 12. The molecule has 1 N–H and O–H groups in total. The highest BCUT2D eigenvalue weighted by atomic mass is 16.5. The molecule has 2 aromatic heterocycles. The van der Waals surface area contributed by atoms with Crippen LogP contribution < -0.4 is 4.74 Å². The number of carboxylic acids is 1. The molecule has 0 radical (unpaired) electrons. The van der Waals surface area contributed by atoms with Crippen LogP contribution in [0.3, 0.4) is 0 Å². The molecule has 186 valence electrons. The molecular formula is C28H36N4O3. The monoisotopic (exact) mass is 476 g/mol. The molecule has 7 heteroatoms. The highest BCUT2D eigenvalue weighted by Gasteiger charge is 2.30. The smallest absolute Gasteiger partial charge is 0.303 e. The number of pyridine rings is 1. The second-order valence-corrected chi connectivity index (χ2v) is 9.66. The van der Waals surface area contributed by atoms with E-state index in [2.05, 4.69) is 32.0 Å². The van der Waals surface area contributed by atoms with Crippen LogP contribution in [0.15, 0.2) is 49.2 Å². The van der Waals surface area contributed by atoms with Crippen molar-refractivity contribution in [1.29, 1.82) is 0 Å². The lowest BCUT2D eigenvalue weighted by Gasteiger charge is -2.38. The summed E-state index contributed by atoms with van der Waals surface area (Å²) in [5.41, 5.74) is 3.44. The summed E-state index contributed by atoms with van der Waals surface area (Å²) in [5, 5.41) is 10.7. The summed E-state index contributed by atoms with van der Waals surface area (Å²) >= 11 is 0. The van der Waals surface area contributed by atoms with Crippen LogP contribution in [0, 0.1) is 11.8 Å². The Morgan fingerprint density at radius 2 is 1.97 bits per heavy atom. The number of hydrogen-bond acceptors (Lipinski definition) is 6. The summed E-state index contributed by atoms with van der Waals surface area (Å²) in [6, 6.07) is 8.11. The fourth-order valence-electron chi connectivity index (χ4n) is 5.40. The summed E-state index contributed by atoms with van der Waals surface area (Å²) < 4.78 is 5.40. The Labute approximate surface area is 207 Å². The number of aliphatic carboxylic acids is 1. The molecule has 0 saturated carbocycles. The zero-order valence-electron chi connectivity index (χ0n) is 20.6. The first kappa shape index (κ1) is 25.0. The molecular weight excluding hydrogens is 440 g/mol. The van der Waals surface area contributed by atoms with Gasteiger partial charge in [-0.2, -0.15) is 0 Å². The molecule has 0 unspecified atom stereocenters. The van der Waals surface area contributed by atoms with Gasteiger partial charge in [0.15, 0.2) is 0 Å². The maximum absolute atomic E-state index is 11.6. The van der Waals surface area contributed by atoms with Crippen LogP contribution >= 0.6 is 0 Å². The third kappa shape index (κ3) is 7.21. The summed E-state index contributed by atoms with van der Waals surface area (Å²) in [5.74, 6) is 0.848. The third-order valence-electron chi connectivity index (χ3n) is 7.28. The maximum Gasteiger partial charge on any atom is 0.303 e. The van der Waals surface area contributed by atoms with Gasteiger partial charge in [-0.1, -0.05) is 0 Å². The number of unbranched alkanes of at least 4 members (excludes halogenated alkanes) is 1. The van der Waals surface area contributed by atoms with Gasteiger partial charge in [-0.15, -0.1) is 0 Å². The van der Waals surface area contributed by atoms with Crippen LogP contribution in [0.25, 0.3) is 10.9 Å². The number of benzene rings is 1. The number of ether oxygens (including phenoxy) is 1. The van der Waals surface area contributed by atoms with E-state index < -0.39 is 5.97 Å². The van der Waals surface area contributed by atoms with Crippen LogP contribution in [0.5, 0.6) is 5.75 Å². The molecule has 1 aromatic carbocycles. The first-order valence-corrected chi connectivity index (χ1v) is 12.7. The van der Waals surface area contributed by atoms with Crippen molar-refractivity contribution in [2.45, 2.75) is 51.4 Å². The summed E-state index contributed by atoms with van der Waals surface area (Å²) in [4.78, 5) is 26.7. The van der Waals surface area contributed by atoms with E-state index in [1.54, 1.807) is 13.4 Å². The minimum absolute atomic E-state index is 0.220. The second-order valence-electron chi connectivity index (χ2n) is 9.66. The molecule has 0 bridgehead atoms. The third-order valence-corrected chi connectivity index (χ3v) is 7.28. The number of nitrogens with zero attached hydrogens (tertiary/aromatic N) is 4. The van der Waals surface area contributed by atoms with Gasteiger partial charge in [-0.25, -0.2) is 9.97 Å². The fraction of sp³-hybridized carbons (Fsp3) is 0.500. The topological polar surface area (TPSA) is 88.4 Å². The molecule has 2 atom stereocenters. The minimum Gasteiger partial charge on any atom is -0.497 e. The average molecular weight is 477 g/mol. The zero-order valence-corrected chi connectivity index (χ0v) is 20.6. The summed E-state index contributed by atoms with van der Waals surface area (Å²) in [7, 11) is 1.68. The number of methoxy groups -OCH3 is 1. The number of carboxylic acid groups (broad SMARTS) is 1. The van der Waals surface area contributed by atoms with E-state index in [4.69, 9.17) is 4.74 Å². The number of piperidine rings is 1. The van der Waals surface area contributed by atoms with Crippen LogP contribution in [-0.2, 0) is 17.6 Å². The molecule has 3 aromatic rings. The number of aryl methyl sites for hydroxylation is 2. The number of hydrogen-bond donors (Lipinski definition) is 1. The Hall–Kier alpha value is -3.06. The summed E-state index contributed by atoms with van der Waals surface area (Å²) in [6.45, 7) is 2.98. The molecule has 1 fully saturated rings. The van der Waals surface area contributed by atoms with E-state index in [0.29, 0.717) is 5.92 Å². The number of likely N-dealkylation sites (tertiary alicyclic amines) is 1. The van der Waals surface area contributed by atoms with Crippen LogP contribution in [0.2, 0.25) is 0 Å². The Morgan fingerprint density at radius 3 is 2.77 bits per heavy atom. The summed E-state index contributed by atoms with van der Waals surface area (Å²) in [6.07, 6.45) is 14.8. The zero-order chi connectivity index (χ0) is 24.5. The molecule has 1 saturated heterocycles. The maximum atomic E-state index is 11.6. The van der Waals surface area contributed by atoms with Crippen LogP contribution in [0.1, 0.15) is 49.7 Å². The van der Waals surface area contributed by atoms with Gasteiger partial charge in [-0.3, -0.25) is 9.78 Å². The van der Waals surface area contributed by atoms with Crippen LogP contribution in [-0.4, -0.2) is 57.7 Å². The molecule has 0 spiro atoms. The Balaban J connectivity index is 1.27. The van der Waals surface area contributed by atoms with Crippen molar-refractivity contribution in [3.63, 3.8) is 0 Å². The van der Waals surface area contributed by atoms with E-state index in [-0.39, 0.29) is 12.3 Å². The lowest BCUT2D eigenvalue weighted by Crippen LogP contribution is -2.41. The van der Waals surface area contributed by atoms with Gasteiger partial charge >= 0.3 is 5.97 Å². The lowest BCUT2D eigenvalue weighted by molar-refractivity contribution is -0.139. The first-order valence-electron chi connectivity index (χ1n) is 12.7. The number of fused-ring (bicyclic) bond motifs is 1. The van der Waals surface area contributed by atoms with E-state index >= 15 is 0 Å². The number of aromatic nitrogens is 3. The van der Waals surface area contributed by atoms with Gasteiger partial charge in [0.2, 0.25) is 0 Å². The van der Waals surface area contributed by atoms with E-state index in [1.807, 2.05) is 30.7 Å². The van der Waals surface area contributed by atoms with Gasteiger partial charge in [0.05, 0.1) is 12.6 Å². The van der Waals surface area contributed by atoms with Crippen LogP contribution in [0.4, 0.5) is 0 Å². The molecule has 0 amide bonds. The normalized spacial score (nSPS) is 18.5. The van der Waals surface area contributed by atoms with Crippen molar-refractivity contribution in [1.82, 2.24) is 19.9 Å². The Morgan fingerprint density at radius 1 is 1.11 bits per heavy atom. The second kappa shape index (κ2) is 12.6. The Kier molecular flexibility index (Phi) is 9.01. The van der Waals surface area contributed by atoms with Crippen molar-refractivity contribution in [2.75, 3.05) is 26.7 Å². The minimum atomic E-state index is -0.682. The quantitative estimate of drug-likeness (QED) is 0.376. The van der Waals surface area contributed by atoms with Gasteiger partial charge in [0, 0.05) is 36.9 Å². The molecule has 3 heterocycles.